The van der Waals surface area contributed by atoms with Crippen molar-refractivity contribution in [3.63, 3.8) is 0 Å². The van der Waals surface area contributed by atoms with E-state index in [0.29, 0.717) is 17.2 Å². The minimum atomic E-state index is 0.0743. The van der Waals surface area contributed by atoms with Crippen LogP contribution in [0.4, 0.5) is 5.69 Å². The normalized spacial score (nSPS) is 11.0. The third-order valence-electron chi connectivity index (χ3n) is 3.71. The Balaban J connectivity index is 2.22. The van der Waals surface area contributed by atoms with Crippen LogP contribution in [-0.2, 0) is 6.54 Å². The van der Waals surface area contributed by atoms with Gasteiger partial charge in [-0.25, -0.2) is 0 Å². The molecule has 4 nitrogen and oxygen atoms in total. The molecule has 0 saturated heterocycles. The first kappa shape index (κ1) is 14.6. The lowest BCUT2D eigenvalue weighted by molar-refractivity contribution is 0.278. The number of aliphatic hydroxyl groups excluding tert-OH is 1. The minimum absolute atomic E-state index is 0.0743. The number of aromatic nitrogens is 1. The predicted octanol–water partition coefficient (Wildman–Crippen LogP) is 2.52. The topological polar surface area (TPSA) is 77.2 Å². The summed E-state index contributed by atoms with van der Waals surface area (Å²) >= 11 is 5.05. The van der Waals surface area contributed by atoms with E-state index in [4.69, 9.17) is 23.7 Å². The van der Waals surface area contributed by atoms with Gasteiger partial charge in [0, 0.05) is 34.9 Å². The molecule has 22 heavy (non-hydrogen) atoms. The number of aliphatic hydroxyl groups is 1. The van der Waals surface area contributed by atoms with Gasteiger partial charge >= 0.3 is 0 Å². The first-order valence-electron chi connectivity index (χ1n) is 6.99. The molecule has 0 atom stereocenters. The van der Waals surface area contributed by atoms with E-state index in [-0.39, 0.29) is 6.61 Å². The minimum Gasteiger partial charge on any atom is -0.399 e. The summed E-state index contributed by atoms with van der Waals surface area (Å²) in [5, 5.41) is 10.3. The largest absolute Gasteiger partial charge is 0.399 e. The third-order valence-corrected chi connectivity index (χ3v) is 3.94. The number of nitrogen functional groups attached to an aromatic ring is 1. The first-order chi connectivity index (χ1) is 10.6. The zero-order chi connectivity index (χ0) is 15.7. The van der Waals surface area contributed by atoms with Crippen LogP contribution in [0.5, 0.6) is 0 Å². The molecule has 0 aliphatic carbocycles. The first-order valence-corrected chi connectivity index (χ1v) is 7.40. The molecule has 0 saturated carbocycles. The summed E-state index contributed by atoms with van der Waals surface area (Å²) < 4.78 is 2.01. The lowest BCUT2D eigenvalue weighted by Crippen LogP contribution is -2.08. The Morgan fingerprint density at radius 3 is 2.73 bits per heavy atom. The molecule has 0 fully saturated rings. The van der Waals surface area contributed by atoms with Crippen LogP contribution in [0.3, 0.4) is 0 Å². The highest BCUT2D eigenvalue weighted by molar-refractivity contribution is 7.80. The predicted molar refractivity (Wildman–Crippen MR) is 94.8 cm³/mol. The van der Waals surface area contributed by atoms with Crippen molar-refractivity contribution >= 4 is 33.8 Å². The molecule has 1 heterocycles. The number of thiocarbonyl (C=S) groups is 1. The second kappa shape index (κ2) is 5.79. The zero-order valence-corrected chi connectivity index (χ0v) is 12.8. The molecular weight excluding hydrogens is 294 g/mol. The summed E-state index contributed by atoms with van der Waals surface area (Å²) in [6, 6.07) is 13.7. The smallest absolute Gasteiger partial charge is 0.104 e. The lowest BCUT2D eigenvalue weighted by atomic mass is 10.0. The van der Waals surface area contributed by atoms with Crippen LogP contribution >= 0.6 is 12.2 Å². The highest BCUT2D eigenvalue weighted by Crippen LogP contribution is 2.32. The molecule has 1 aromatic heterocycles. The van der Waals surface area contributed by atoms with Crippen LogP contribution in [0.2, 0.25) is 0 Å². The molecule has 0 spiro atoms. The summed E-state index contributed by atoms with van der Waals surface area (Å²) in [6.45, 7) is 0.597. The van der Waals surface area contributed by atoms with Crippen LogP contribution in [0.15, 0.2) is 48.7 Å². The van der Waals surface area contributed by atoms with Gasteiger partial charge in [-0.15, -0.1) is 0 Å². The molecule has 0 aliphatic rings. The average Bonchev–Trinajstić information content (AvgIpc) is 2.86. The van der Waals surface area contributed by atoms with Gasteiger partial charge < -0.3 is 21.1 Å². The van der Waals surface area contributed by atoms with E-state index < -0.39 is 0 Å². The van der Waals surface area contributed by atoms with E-state index in [1.807, 2.05) is 53.2 Å². The van der Waals surface area contributed by atoms with Gasteiger partial charge in [0.15, 0.2) is 0 Å². The van der Waals surface area contributed by atoms with Crippen molar-refractivity contribution in [1.82, 2.24) is 4.57 Å². The van der Waals surface area contributed by atoms with Crippen LogP contribution in [0.1, 0.15) is 5.56 Å². The fourth-order valence-corrected chi connectivity index (χ4v) is 2.80. The van der Waals surface area contributed by atoms with Gasteiger partial charge in [0.05, 0.1) is 12.1 Å². The third kappa shape index (κ3) is 2.56. The Morgan fingerprint density at radius 2 is 2.00 bits per heavy atom. The number of hydrogen-bond donors (Lipinski definition) is 3. The maximum Gasteiger partial charge on any atom is 0.104 e. The Morgan fingerprint density at radius 1 is 1.18 bits per heavy atom. The molecule has 2 aromatic carbocycles. The maximum absolute atomic E-state index is 9.26. The highest BCUT2D eigenvalue weighted by atomic mass is 32.1. The summed E-state index contributed by atoms with van der Waals surface area (Å²) in [5.41, 5.74) is 16.3. The summed E-state index contributed by atoms with van der Waals surface area (Å²) in [7, 11) is 0. The summed E-state index contributed by atoms with van der Waals surface area (Å²) in [4.78, 5) is 0.380. The quantitative estimate of drug-likeness (QED) is 0.511. The molecule has 0 aliphatic heterocycles. The van der Waals surface area contributed by atoms with Gasteiger partial charge in [0.2, 0.25) is 0 Å². The van der Waals surface area contributed by atoms with Gasteiger partial charge in [-0.2, -0.15) is 0 Å². The van der Waals surface area contributed by atoms with Gasteiger partial charge in [-0.3, -0.25) is 0 Å². The molecule has 5 heteroatoms. The molecular formula is C17H17N3OS. The van der Waals surface area contributed by atoms with Gasteiger partial charge in [-0.1, -0.05) is 36.5 Å². The van der Waals surface area contributed by atoms with Crippen molar-refractivity contribution in [2.75, 3.05) is 12.3 Å². The molecule has 0 unspecified atom stereocenters. The van der Waals surface area contributed by atoms with Crippen molar-refractivity contribution in [2.24, 2.45) is 5.73 Å². The van der Waals surface area contributed by atoms with Crippen molar-refractivity contribution in [3.05, 3.63) is 54.2 Å². The van der Waals surface area contributed by atoms with Crippen molar-refractivity contribution in [2.45, 2.75) is 6.54 Å². The maximum atomic E-state index is 9.26. The van der Waals surface area contributed by atoms with Gasteiger partial charge in [0.25, 0.3) is 0 Å². The second-order valence-electron chi connectivity index (χ2n) is 5.18. The number of benzene rings is 2. The number of nitrogens with two attached hydrogens (primary N) is 2. The van der Waals surface area contributed by atoms with Gasteiger partial charge in [-0.05, 0) is 23.8 Å². The number of rotatable bonds is 4. The van der Waals surface area contributed by atoms with Crippen molar-refractivity contribution < 1.29 is 5.11 Å². The fraction of sp³-hybridized carbons (Fsp3) is 0.118. The zero-order valence-electron chi connectivity index (χ0n) is 12.0. The van der Waals surface area contributed by atoms with Crippen molar-refractivity contribution in [1.29, 1.82) is 0 Å². The molecule has 0 radical (unpaired) electrons. The van der Waals surface area contributed by atoms with E-state index in [2.05, 4.69) is 0 Å². The van der Waals surface area contributed by atoms with Gasteiger partial charge in [0.1, 0.15) is 4.99 Å². The standard InChI is InChI=1S/C17H17N3OS/c18-13-4-5-14-15(10-20(6-7-21)16(14)9-13)11-2-1-3-12(8-11)17(19)22/h1-5,8-10,21H,6-7,18H2,(H2,19,22). The van der Waals surface area contributed by atoms with E-state index >= 15 is 0 Å². The second-order valence-corrected chi connectivity index (χ2v) is 5.62. The van der Waals surface area contributed by atoms with Crippen LogP contribution in [-0.4, -0.2) is 21.3 Å². The van der Waals surface area contributed by atoms with E-state index in [1.54, 1.807) is 0 Å². The van der Waals surface area contributed by atoms with Crippen LogP contribution in [0.25, 0.3) is 22.0 Å². The summed E-state index contributed by atoms with van der Waals surface area (Å²) in [5.74, 6) is 0. The van der Waals surface area contributed by atoms with Crippen molar-refractivity contribution in [3.8, 4) is 11.1 Å². The Kier molecular flexibility index (Phi) is 3.83. The average molecular weight is 311 g/mol. The Hall–Kier alpha value is -2.37. The number of nitrogens with zero attached hydrogens (tertiary/aromatic N) is 1. The monoisotopic (exact) mass is 311 g/mol. The number of hydrogen-bond acceptors (Lipinski definition) is 3. The Labute approximate surface area is 134 Å². The highest BCUT2D eigenvalue weighted by Gasteiger charge is 2.11. The van der Waals surface area contributed by atoms with Crippen LogP contribution < -0.4 is 11.5 Å². The van der Waals surface area contributed by atoms with E-state index in [1.165, 1.54) is 0 Å². The summed E-state index contributed by atoms with van der Waals surface area (Å²) in [6.07, 6.45) is 2.03. The fourth-order valence-electron chi connectivity index (χ4n) is 2.67. The SMILES string of the molecule is NC(=S)c1cccc(-c2cn(CCO)c3cc(N)ccc23)c1. The lowest BCUT2D eigenvalue weighted by Gasteiger charge is -2.03. The van der Waals surface area contributed by atoms with E-state index in [9.17, 15) is 5.11 Å². The Bertz CT molecular complexity index is 854. The molecule has 5 N–H and O–H groups in total. The molecule has 112 valence electrons. The molecule has 3 aromatic rings. The molecule has 0 amide bonds. The number of fused-ring (bicyclic) bond motifs is 1. The molecule has 0 bridgehead atoms. The molecule has 3 rings (SSSR count). The number of anilines is 1. The van der Waals surface area contributed by atoms with E-state index in [0.717, 1.165) is 27.6 Å². The van der Waals surface area contributed by atoms with Crippen LogP contribution in [0, 0.1) is 0 Å².